The van der Waals surface area contributed by atoms with Crippen molar-refractivity contribution in [2.75, 3.05) is 20.1 Å². The number of hydrogen-bond donors (Lipinski definition) is 0. The van der Waals surface area contributed by atoms with Crippen LogP contribution in [0, 0.1) is 0 Å². The first kappa shape index (κ1) is 18.1. The van der Waals surface area contributed by atoms with Crippen molar-refractivity contribution in [3.8, 4) is 0 Å². The molecule has 0 N–H and O–H groups in total. The minimum Gasteiger partial charge on any atom is -0.337 e. The Balaban J connectivity index is 1.59. The molecule has 26 heavy (non-hydrogen) atoms. The fraction of sp³-hybridized carbons (Fsp3) is 0.474. The van der Waals surface area contributed by atoms with E-state index in [0.717, 1.165) is 11.4 Å². The Morgan fingerprint density at radius 1 is 1.31 bits per heavy atom. The first-order valence-corrected chi connectivity index (χ1v) is 8.90. The van der Waals surface area contributed by atoms with Crippen LogP contribution in [0.4, 0.5) is 0 Å². The average Bonchev–Trinajstić information content (AvgIpc) is 3.23. The highest BCUT2D eigenvalue weighted by Gasteiger charge is 2.32. The summed E-state index contributed by atoms with van der Waals surface area (Å²) < 4.78 is 1.94. The number of rotatable bonds is 6. The summed E-state index contributed by atoms with van der Waals surface area (Å²) in [5.74, 6) is 0.841. The van der Waals surface area contributed by atoms with Crippen LogP contribution in [0.5, 0.6) is 0 Å². The van der Waals surface area contributed by atoms with Crippen LogP contribution in [0.3, 0.4) is 0 Å². The molecule has 2 amide bonds. The lowest BCUT2D eigenvalue weighted by Crippen LogP contribution is -2.39. The van der Waals surface area contributed by atoms with Crippen LogP contribution in [0.2, 0.25) is 0 Å². The van der Waals surface area contributed by atoms with E-state index in [4.69, 9.17) is 0 Å². The number of likely N-dealkylation sites (N-methyl/N-ethyl adjacent to an activating group) is 1. The van der Waals surface area contributed by atoms with Crippen LogP contribution in [0.1, 0.15) is 43.6 Å². The van der Waals surface area contributed by atoms with E-state index >= 15 is 0 Å². The van der Waals surface area contributed by atoms with Gasteiger partial charge in [0.2, 0.25) is 11.8 Å². The van der Waals surface area contributed by atoms with Gasteiger partial charge in [0.1, 0.15) is 6.33 Å². The predicted molar refractivity (Wildman–Crippen MR) is 97.3 cm³/mol. The molecule has 1 aromatic heterocycles. The van der Waals surface area contributed by atoms with Gasteiger partial charge in [-0.3, -0.25) is 9.59 Å². The van der Waals surface area contributed by atoms with E-state index in [1.165, 1.54) is 0 Å². The van der Waals surface area contributed by atoms with Crippen LogP contribution in [0.25, 0.3) is 0 Å². The zero-order valence-corrected chi connectivity index (χ0v) is 15.5. The minimum atomic E-state index is -0.0923. The first-order valence-electron chi connectivity index (χ1n) is 8.90. The molecule has 0 bridgehead atoms. The third-order valence-electron chi connectivity index (χ3n) is 4.82. The van der Waals surface area contributed by atoms with E-state index in [9.17, 15) is 9.59 Å². The van der Waals surface area contributed by atoms with Gasteiger partial charge < -0.3 is 14.4 Å². The molecule has 138 valence electrons. The van der Waals surface area contributed by atoms with Crippen LogP contribution < -0.4 is 0 Å². The molecule has 1 fully saturated rings. The van der Waals surface area contributed by atoms with Gasteiger partial charge in [-0.2, -0.15) is 0 Å². The number of likely N-dealkylation sites (tertiary alicyclic amines) is 1. The predicted octanol–water partition coefficient (Wildman–Crippen LogP) is 1.83. The van der Waals surface area contributed by atoms with Gasteiger partial charge in [0.05, 0.1) is 13.1 Å². The third-order valence-corrected chi connectivity index (χ3v) is 4.82. The highest BCUT2D eigenvalue weighted by Crippen LogP contribution is 2.27. The van der Waals surface area contributed by atoms with Crippen LogP contribution in [0.15, 0.2) is 36.7 Å². The molecular formula is C19H25N5O2. The number of hydrogen-bond acceptors (Lipinski definition) is 4. The first-order chi connectivity index (χ1) is 12.5. The molecular weight excluding hydrogens is 330 g/mol. The fourth-order valence-corrected chi connectivity index (χ4v) is 3.27. The van der Waals surface area contributed by atoms with Gasteiger partial charge in [0.25, 0.3) is 0 Å². The van der Waals surface area contributed by atoms with Crippen molar-refractivity contribution in [2.45, 2.75) is 38.8 Å². The maximum Gasteiger partial charge on any atom is 0.242 e. The summed E-state index contributed by atoms with van der Waals surface area (Å²) in [5.41, 5.74) is 1.15. The maximum absolute atomic E-state index is 12.6. The van der Waals surface area contributed by atoms with Crippen LogP contribution in [-0.4, -0.2) is 56.5 Å². The van der Waals surface area contributed by atoms with E-state index in [1.54, 1.807) is 23.2 Å². The molecule has 0 saturated carbocycles. The summed E-state index contributed by atoms with van der Waals surface area (Å²) in [5, 5.41) is 8.02. The Labute approximate surface area is 153 Å². The molecule has 2 heterocycles. The lowest BCUT2D eigenvalue weighted by Gasteiger charge is -2.22. The van der Waals surface area contributed by atoms with E-state index in [0.29, 0.717) is 19.5 Å². The zero-order valence-electron chi connectivity index (χ0n) is 15.5. The molecule has 1 aromatic carbocycles. The lowest BCUT2D eigenvalue weighted by molar-refractivity contribution is -0.137. The molecule has 1 aliphatic rings. The van der Waals surface area contributed by atoms with Crippen LogP contribution >= 0.6 is 0 Å². The third kappa shape index (κ3) is 3.92. The van der Waals surface area contributed by atoms with Gasteiger partial charge >= 0.3 is 0 Å². The fourth-order valence-electron chi connectivity index (χ4n) is 3.27. The monoisotopic (exact) mass is 355 g/mol. The van der Waals surface area contributed by atoms with Gasteiger partial charge in [-0.25, -0.2) is 0 Å². The topological polar surface area (TPSA) is 71.3 Å². The molecule has 0 radical (unpaired) electrons. The van der Waals surface area contributed by atoms with Gasteiger partial charge in [-0.1, -0.05) is 30.3 Å². The summed E-state index contributed by atoms with van der Waals surface area (Å²) in [7, 11) is 1.73. The summed E-state index contributed by atoms with van der Waals surface area (Å²) in [6.45, 7) is 5.16. The normalized spacial score (nSPS) is 17.2. The van der Waals surface area contributed by atoms with E-state index in [-0.39, 0.29) is 30.3 Å². The molecule has 7 nitrogen and oxygen atoms in total. The second-order valence-electron chi connectivity index (χ2n) is 7.08. The summed E-state index contributed by atoms with van der Waals surface area (Å²) in [4.78, 5) is 28.1. The highest BCUT2D eigenvalue weighted by molar-refractivity contribution is 5.86. The molecule has 1 unspecified atom stereocenters. The molecule has 7 heteroatoms. The second kappa shape index (κ2) is 7.68. The number of benzene rings is 1. The van der Waals surface area contributed by atoms with E-state index in [2.05, 4.69) is 10.2 Å². The standard InChI is InChI=1S/C19H25N5O2/c1-14(2)24-13-20-21-17(24)11-22(3)19(26)12-23-10-16(9-18(23)25)15-7-5-4-6-8-15/h4-8,13-14,16H,9-12H2,1-3H3. The Morgan fingerprint density at radius 3 is 2.73 bits per heavy atom. The lowest BCUT2D eigenvalue weighted by atomic mass is 9.99. The number of aromatic nitrogens is 3. The largest absolute Gasteiger partial charge is 0.337 e. The molecule has 0 aliphatic carbocycles. The number of nitrogens with zero attached hydrogens (tertiary/aromatic N) is 5. The van der Waals surface area contributed by atoms with Crippen molar-refractivity contribution in [2.24, 2.45) is 0 Å². The number of carbonyl (C=O) groups is 2. The maximum atomic E-state index is 12.6. The van der Waals surface area contributed by atoms with Crippen molar-refractivity contribution in [3.63, 3.8) is 0 Å². The van der Waals surface area contributed by atoms with Crippen molar-refractivity contribution in [3.05, 3.63) is 48.0 Å². The quantitative estimate of drug-likeness (QED) is 0.793. The smallest absolute Gasteiger partial charge is 0.242 e. The minimum absolute atomic E-state index is 0.0333. The Hall–Kier alpha value is -2.70. The average molecular weight is 355 g/mol. The second-order valence-corrected chi connectivity index (χ2v) is 7.08. The Morgan fingerprint density at radius 2 is 2.04 bits per heavy atom. The highest BCUT2D eigenvalue weighted by atomic mass is 16.2. The van der Waals surface area contributed by atoms with Gasteiger partial charge in [0.15, 0.2) is 5.82 Å². The van der Waals surface area contributed by atoms with E-state index in [1.807, 2.05) is 48.7 Å². The number of carbonyl (C=O) groups excluding carboxylic acids is 2. The molecule has 3 rings (SSSR count). The molecule has 1 aliphatic heterocycles. The molecule has 1 saturated heterocycles. The van der Waals surface area contributed by atoms with Crippen molar-refractivity contribution in [1.82, 2.24) is 24.6 Å². The Bertz CT molecular complexity index is 771. The molecule has 0 spiro atoms. The molecule has 2 aromatic rings. The molecule has 1 atom stereocenters. The summed E-state index contributed by atoms with van der Waals surface area (Å²) >= 11 is 0. The van der Waals surface area contributed by atoms with Crippen molar-refractivity contribution >= 4 is 11.8 Å². The van der Waals surface area contributed by atoms with Crippen molar-refractivity contribution in [1.29, 1.82) is 0 Å². The SMILES string of the molecule is CC(C)n1cnnc1CN(C)C(=O)CN1CC(c2ccccc2)CC1=O. The van der Waals surface area contributed by atoms with E-state index < -0.39 is 0 Å². The zero-order chi connectivity index (χ0) is 18.7. The van der Waals surface area contributed by atoms with Gasteiger partial charge in [-0.15, -0.1) is 10.2 Å². The van der Waals surface area contributed by atoms with Crippen LogP contribution in [-0.2, 0) is 16.1 Å². The number of amides is 2. The van der Waals surface area contributed by atoms with Gasteiger partial charge in [-0.05, 0) is 19.4 Å². The van der Waals surface area contributed by atoms with Crippen molar-refractivity contribution < 1.29 is 9.59 Å². The Kier molecular flexibility index (Phi) is 5.35. The summed E-state index contributed by atoms with van der Waals surface area (Å²) in [6, 6.07) is 10.2. The summed E-state index contributed by atoms with van der Waals surface area (Å²) in [6.07, 6.45) is 2.13. The van der Waals surface area contributed by atoms with Gasteiger partial charge in [0, 0.05) is 32.0 Å².